The van der Waals surface area contributed by atoms with Gasteiger partial charge in [-0.1, -0.05) is 47.7 Å². The summed E-state index contributed by atoms with van der Waals surface area (Å²) in [7, 11) is 3.77. The van der Waals surface area contributed by atoms with Crippen molar-refractivity contribution < 1.29 is 20.1 Å². The fraction of sp³-hybridized carbons (Fsp3) is 0.333. The molecule has 3 N–H and O–H groups in total. The number of hydrogen-bond acceptors (Lipinski definition) is 7. The van der Waals surface area contributed by atoms with Gasteiger partial charge in [0, 0.05) is 43.5 Å². The summed E-state index contributed by atoms with van der Waals surface area (Å²) in [5, 5.41) is 30.7. The van der Waals surface area contributed by atoms with Gasteiger partial charge in [-0.2, -0.15) is 0 Å². The Morgan fingerprint density at radius 1 is 1.03 bits per heavy atom. The van der Waals surface area contributed by atoms with Gasteiger partial charge >= 0.3 is 0 Å². The zero-order chi connectivity index (χ0) is 24.9. The summed E-state index contributed by atoms with van der Waals surface area (Å²) < 4.78 is 5.82. The number of aliphatic hydroxyl groups excluding tert-OH is 3. The molecule has 182 valence electrons. The van der Waals surface area contributed by atoms with Crippen LogP contribution >= 0.6 is 11.6 Å². The van der Waals surface area contributed by atoms with Crippen LogP contribution in [-0.2, 0) is 11.2 Å². The van der Waals surface area contributed by atoms with E-state index >= 15 is 0 Å². The Morgan fingerprint density at radius 2 is 1.71 bits per heavy atom. The van der Waals surface area contributed by atoms with Crippen molar-refractivity contribution in [1.82, 2.24) is 9.97 Å². The van der Waals surface area contributed by atoms with E-state index in [0.717, 1.165) is 22.3 Å². The van der Waals surface area contributed by atoms with Crippen LogP contribution in [0.4, 0.5) is 5.95 Å². The summed E-state index contributed by atoms with van der Waals surface area (Å²) in [6, 6.07) is 13.3. The van der Waals surface area contributed by atoms with E-state index in [1.54, 1.807) is 24.5 Å². The second-order valence-corrected chi connectivity index (χ2v) is 9.20. The van der Waals surface area contributed by atoms with E-state index in [4.69, 9.17) is 16.3 Å². The number of ether oxygens (including phenoxy) is 1. The molecule has 4 rings (SSSR count). The second-order valence-electron chi connectivity index (χ2n) is 8.80. The smallest absolute Gasteiger partial charge is 0.224 e. The van der Waals surface area contributed by atoms with Gasteiger partial charge in [-0.25, -0.2) is 9.97 Å². The lowest BCUT2D eigenvalue weighted by Gasteiger charge is -2.37. The van der Waals surface area contributed by atoms with Crippen LogP contribution in [0.2, 0.25) is 5.02 Å². The van der Waals surface area contributed by atoms with Gasteiger partial charge in [-0.3, -0.25) is 0 Å². The normalized spacial score (nSPS) is 21.8. The molecular weight excluding hydrogens is 466 g/mol. The van der Waals surface area contributed by atoms with E-state index in [1.165, 1.54) is 0 Å². The molecule has 0 amide bonds. The predicted octanol–water partition coefficient (Wildman–Crippen LogP) is 2.73. The highest BCUT2D eigenvalue weighted by Crippen LogP contribution is 2.34. The van der Waals surface area contributed by atoms with E-state index < -0.39 is 24.4 Å². The van der Waals surface area contributed by atoms with Gasteiger partial charge < -0.3 is 25.0 Å². The molecule has 0 bridgehead atoms. The highest BCUT2D eigenvalue weighted by Gasteiger charge is 2.37. The summed E-state index contributed by atoms with van der Waals surface area (Å²) in [4.78, 5) is 10.4. The maximum absolute atomic E-state index is 10.4. The highest BCUT2D eigenvalue weighted by atomic mass is 35.5. The van der Waals surface area contributed by atoms with E-state index in [0.29, 0.717) is 23.0 Å². The van der Waals surface area contributed by atoms with Crippen LogP contribution in [0.3, 0.4) is 0 Å². The summed E-state index contributed by atoms with van der Waals surface area (Å²) >= 11 is 6.46. The van der Waals surface area contributed by atoms with Crippen molar-refractivity contribution in [2.24, 2.45) is 0 Å². The SMILES string of the molecule is CN(C)c1ncc(C#Cc2ccc(Cc3cc([C@@H]4O[C@H](CO)C[C@H](O)[C@H]4O)ccc3Cl)cc2)cn1. The molecule has 1 aliphatic heterocycles. The zero-order valence-electron chi connectivity index (χ0n) is 19.6. The van der Waals surface area contributed by atoms with E-state index in [1.807, 2.05) is 49.3 Å². The minimum Gasteiger partial charge on any atom is -0.394 e. The molecule has 0 radical (unpaired) electrons. The summed E-state index contributed by atoms with van der Waals surface area (Å²) in [5.74, 6) is 6.84. The second kappa shape index (κ2) is 11.2. The van der Waals surface area contributed by atoms with Crippen LogP contribution in [0.15, 0.2) is 54.9 Å². The van der Waals surface area contributed by atoms with Crippen molar-refractivity contribution in [3.63, 3.8) is 0 Å². The maximum Gasteiger partial charge on any atom is 0.224 e. The van der Waals surface area contributed by atoms with Gasteiger partial charge in [-0.05, 0) is 41.3 Å². The topological polar surface area (TPSA) is 98.9 Å². The molecule has 1 aromatic heterocycles. The number of aliphatic hydroxyl groups is 3. The number of nitrogens with zero attached hydrogens (tertiary/aromatic N) is 3. The molecule has 1 aliphatic rings. The third-order valence-corrected chi connectivity index (χ3v) is 6.26. The number of hydrogen-bond donors (Lipinski definition) is 3. The zero-order valence-corrected chi connectivity index (χ0v) is 20.4. The van der Waals surface area contributed by atoms with Gasteiger partial charge in [-0.15, -0.1) is 0 Å². The fourth-order valence-electron chi connectivity index (χ4n) is 3.94. The minimum atomic E-state index is -1.07. The van der Waals surface area contributed by atoms with Gasteiger partial charge in [0.05, 0.1) is 24.4 Å². The molecule has 8 heteroatoms. The molecule has 0 aliphatic carbocycles. The Hall–Kier alpha value is -2.99. The van der Waals surface area contributed by atoms with Gasteiger partial charge in [0.15, 0.2) is 0 Å². The fourth-order valence-corrected chi connectivity index (χ4v) is 4.13. The number of benzene rings is 2. The van der Waals surface area contributed by atoms with Crippen molar-refractivity contribution in [1.29, 1.82) is 0 Å². The molecule has 7 nitrogen and oxygen atoms in total. The van der Waals surface area contributed by atoms with Crippen LogP contribution in [0.25, 0.3) is 0 Å². The Kier molecular flexibility index (Phi) is 8.01. The first-order valence-electron chi connectivity index (χ1n) is 11.3. The number of rotatable bonds is 5. The van der Waals surface area contributed by atoms with Crippen LogP contribution in [0.1, 0.15) is 40.3 Å². The Morgan fingerprint density at radius 3 is 2.37 bits per heavy atom. The first-order valence-corrected chi connectivity index (χ1v) is 11.7. The van der Waals surface area contributed by atoms with Crippen molar-refractivity contribution >= 4 is 17.5 Å². The van der Waals surface area contributed by atoms with Crippen LogP contribution < -0.4 is 4.90 Å². The molecule has 0 spiro atoms. The molecule has 1 fully saturated rings. The van der Waals surface area contributed by atoms with Crippen LogP contribution in [0, 0.1) is 11.8 Å². The molecule has 2 heterocycles. The van der Waals surface area contributed by atoms with Crippen molar-refractivity contribution in [2.75, 3.05) is 25.6 Å². The van der Waals surface area contributed by atoms with Gasteiger partial charge in [0.2, 0.25) is 5.95 Å². The van der Waals surface area contributed by atoms with E-state index in [2.05, 4.69) is 21.8 Å². The maximum atomic E-state index is 10.4. The highest BCUT2D eigenvalue weighted by molar-refractivity contribution is 6.31. The standard InChI is InChI=1S/C27H28ClN3O4/c1-31(2)27-29-14-19(15-30-27)8-5-17-3-6-18(7-4-17)11-21-12-20(9-10-23(21)28)26-25(34)24(33)13-22(16-32)35-26/h3-4,6-7,9-10,12,14-15,22,24-26,32-34H,11,13,16H2,1-2H3/t22-,24-,25+,26-/m0/s1. The van der Waals surface area contributed by atoms with E-state index in [9.17, 15) is 15.3 Å². The average Bonchev–Trinajstić information content (AvgIpc) is 2.86. The lowest BCUT2D eigenvalue weighted by Crippen LogP contribution is -2.44. The molecule has 35 heavy (non-hydrogen) atoms. The molecule has 3 aromatic rings. The van der Waals surface area contributed by atoms with Crippen molar-refractivity contribution in [3.8, 4) is 11.8 Å². The number of anilines is 1. The van der Waals surface area contributed by atoms with Crippen molar-refractivity contribution in [2.45, 2.75) is 37.3 Å². The van der Waals surface area contributed by atoms with Crippen LogP contribution in [-0.4, -0.2) is 64.3 Å². The third-order valence-electron chi connectivity index (χ3n) is 5.89. The quantitative estimate of drug-likeness (QED) is 0.470. The molecule has 0 unspecified atom stereocenters. The molecule has 2 aromatic carbocycles. The van der Waals surface area contributed by atoms with Crippen molar-refractivity contribution in [3.05, 3.63) is 87.7 Å². The van der Waals surface area contributed by atoms with E-state index in [-0.39, 0.29) is 13.0 Å². The molecule has 4 atom stereocenters. The Bertz CT molecular complexity index is 1210. The average molecular weight is 494 g/mol. The lowest BCUT2D eigenvalue weighted by molar-refractivity contribution is -0.179. The first-order chi connectivity index (χ1) is 16.8. The largest absolute Gasteiger partial charge is 0.394 e. The number of halogens is 1. The monoisotopic (exact) mass is 493 g/mol. The van der Waals surface area contributed by atoms with Gasteiger partial charge in [0.1, 0.15) is 12.2 Å². The molecular formula is C27H28ClN3O4. The Balaban J connectivity index is 1.47. The summed E-state index contributed by atoms with van der Waals surface area (Å²) in [6.45, 7) is -0.218. The predicted molar refractivity (Wildman–Crippen MR) is 134 cm³/mol. The third kappa shape index (κ3) is 6.17. The molecule has 1 saturated heterocycles. The summed E-state index contributed by atoms with van der Waals surface area (Å²) in [5.41, 5.74) is 4.24. The number of aromatic nitrogens is 2. The lowest BCUT2D eigenvalue weighted by atomic mass is 9.91. The first kappa shape index (κ1) is 25.1. The van der Waals surface area contributed by atoms with Gasteiger partial charge in [0.25, 0.3) is 0 Å². The summed E-state index contributed by atoms with van der Waals surface area (Å²) in [6.07, 6.45) is 0.878. The van der Waals surface area contributed by atoms with Crippen LogP contribution in [0.5, 0.6) is 0 Å². The molecule has 0 saturated carbocycles. The minimum absolute atomic E-state index is 0.193. The Labute approximate surface area is 210 Å².